The fourth-order valence-electron chi connectivity index (χ4n) is 2.19. The van der Waals surface area contributed by atoms with Gasteiger partial charge in [0.25, 0.3) is 0 Å². The molecule has 4 heteroatoms. The van der Waals surface area contributed by atoms with Crippen molar-refractivity contribution < 1.29 is 4.74 Å². The van der Waals surface area contributed by atoms with E-state index in [-0.39, 0.29) is 11.5 Å². The molecule has 0 fully saturated rings. The lowest BCUT2D eigenvalue weighted by atomic mass is 9.95. The standard InChI is InChI=1S/C16H19N3O/c1-4-5-6-7-15-9-8-13(12-19(15)2)16(20-3)14(10-17)11-18/h4-7,9,13H,8,12H2,1-3H3/b5-4-,7-6-. The number of likely N-dealkylation sites (N-methyl/N-ethyl adjacent to an activating group) is 1. The predicted octanol–water partition coefficient (Wildman–Crippen LogP) is 2.90. The van der Waals surface area contributed by atoms with Gasteiger partial charge in [-0.05, 0) is 19.4 Å². The van der Waals surface area contributed by atoms with E-state index in [1.807, 2.05) is 50.4 Å². The SMILES string of the molecule is C/C=C\C=C/C1=CCC(C(OC)=C(C#N)C#N)CN1C. The molecule has 20 heavy (non-hydrogen) atoms. The van der Waals surface area contributed by atoms with Crippen LogP contribution in [0.15, 0.2) is 47.4 Å². The lowest BCUT2D eigenvalue weighted by molar-refractivity contribution is 0.209. The van der Waals surface area contributed by atoms with Crippen molar-refractivity contribution in [3.05, 3.63) is 47.4 Å². The van der Waals surface area contributed by atoms with E-state index in [0.717, 1.165) is 18.7 Å². The van der Waals surface area contributed by atoms with Gasteiger partial charge >= 0.3 is 0 Å². The highest BCUT2D eigenvalue weighted by Crippen LogP contribution is 2.27. The van der Waals surface area contributed by atoms with Crippen molar-refractivity contribution in [3.63, 3.8) is 0 Å². The lowest BCUT2D eigenvalue weighted by Gasteiger charge is -2.31. The summed E-state index contributed by atoms with van der Waals surface area (Å²) in [7, 11) is 3.50. The Morgan fingerprint density at radius 2 is 2.10 bits per heavy atom. The quantitative estimate of drug-likeness (QED) is 0.447. The average Bonchev–Trinajstić information content (AvgIpc) is 2.46. The van der Waals surface area contributed by atoms with E-state index in [1.165, 1.54) is 7.11 Å². The number of methoxy groups -OCH3 is 1. The van der Waals surface area contributed by atoms with Crippen molar-refractivity contribution in [2.24, 2.45) is 5.92 Å². The molecule has 0 N–H and O–H groups in total. The topological polar surface area (TPSA) is 60.0 Å². The van der Waals surface area contributed by atoms with Gasteiger partial charge in [0.2, 0.25) is 0 Å². The second-order valence-corrected chi connectivity index (χ2v) is 4.49. The molecule has 1 heterocycles. The molecule has 0 amide bonds. The van der Waals surface area contributed by atoms with Crippen molar-refractivity contribution in [1.82, 2.24) is 4.90 Å². The summed E-state index contributed by atoms with van der Waals surface area (Å²) in [5.41, 5.74) is 1.19. The number of nitriles is 2. The van der Waals surface area contributed by atoms with Crippen LogP contribution in [0.3, 0.4) is 0 Å². The Morgan fingerprint density at radius 1 is 1.40 bits per heavy atom. The normalized spacial score (nSPS) is 18.6. The number of allylic oxidation sites excluding steroid dienone is 6. The zero-order valence-electron chi connectivity index (χ0n) is 12.1. The number of ether oxygens (including phenoxy) is 1. The van der Waals surface area contributed by atoms with E-state index in [2.05, 4.69) is 11.0 Å². The van der Waals surface area contributed by atoms with E-state index in [9.17, 15) is 0 Å². The van der Waals surface area contributed by atoms with E-state index >= 15 is 0 Å². The Kier molecular flexibility index (Phi) is 6.13. The molecule has 1 unspecified atom stereocenters. The van der Waals surface area contributed by atoms with Gasteiger partial charge in [0.15, 0.2) is 5.57 Å². The molecule has 104 valence electrons. The van der Waals surface area contributed by atoms with Gasteiger partial charge < -0.3 is 9.64 Å². The zero-order valence-corrected chi connectivity index (χ0v) is 12.1. The van der Waals surface area contributed by atoms with Crippen molar-refractivity contribution in [2.45, 2.75) is 13.3 Å². The van der Waals surface area contributed by atoms with Crippen LogP contribution in [-0.2, 0) is 4.74 Å². The smallest absolute Gasteiger partial charge is 0.167 e. The Balaban J connectivity index is 2.94. The summed E-state index contributed by atoms with van der Waals surface area (Å²) in [4.78, 5) is 2.10. The second kappa shape index (κ2) is 7.86. The maximum atomic E-state index is 8.96. The van der Waals surface area contributed by atoms with Crippen LogP contribution in [0.5, 0.6) is 0 Å². The summed E-state index contributed by atoms with van der Waals surface area (Å²) in [6.45, 7) is 2.70. The molecule has 0 aromatic rings. The van der Waals surface area contributed by atoms with Crippen LogP contribution >= 0.6 is 0 Å². The minimum Gasteiger partial charge on any atom is -0.499 e. The van der Waals surface area contributed by atoms with Crippen molar-refractivity contribution >= 4 is 0 Å². The Bertz CT molecular complexity index is 525. The van der Waals surface area contributed by atoms with Crippen molar-refractivity contribution in [2.75, 3.05) is 20.7 Å². The summed E-state index contributed by atoms with van der Waals surface area (Å²) in [6, 6.07) is 3.80. The Hall–Kier alpha value is -2.46. The third-order valence-electron chi connectivity index (χ3n) is 3.18. The molecular weight excluding hydrogens is 250 g/mol. The number of rotatable bonds is 4. The summed E-state index contributed by atoms with van der Waals surface area (Å²) >= 11 is 0. The number of hydrogen-bond donors (Lipinski definition) is 0. The molecular formula is C16H19N3O. The van der Waals surface area contributed by atoms with E-state index in [1.54, 1.807) is 0 Å². The van der Waals surface area contributed by atoms with Crippen LogP contribution < -0.4 is 0 Å². The average molecular weight is 269 g/mol. The lowest BCUT2D eigenvalue weighted by Crippen LogP contribution is -2.30. The molecule has 0 aromatic carbocycles. The largest absolute Gasteiger partial charge is 0.499 e. The van der Waals surface area contributed by atoms with Gasteiger partial charge in [0.1, 0.15) is 17.9 Å². The Labute approximate surface area is 120 Å². The van der Waals surface area contributed by atoms with Crippen LogP contribution in [0.1, 0.15) is 13.3 Å². The highest BCUT2D eigenvalue weighted by Gasteiger charge is 2.24. The number of hydrogen-bond acceptors (Lipinski definition) is 4. The van der Waals surface area contributed by atoms with Gasteiger partial charge in [-0.25, -0.2) is 0 Å². The van der Waals surface area contributed by atoms with E-state index in [0.29, 0.717) is 5.76 Å². The number of nitrogens with zero attached hydrogens (tertiary/aromatic N) is 3. The van der Waals surface area contributed by atoms with Gasteiger partial charge in [-0.3, -0.25) is 0 Å². The first-order valence-electron chi connectivity index (χ1n) is 6.46. The van der Waals surface area contributed by atoms with Gasteiger partial charge in [0, 0.05) is 25.2 Å². The molecule has 0 aliphatic carbocycles. The summed E-state index contributed by atoms with van der Waals surface area (Å²) in [6.07, 6.45) is 10.8. The van der Waals surface area contributed by atoms with Gasteiger partial charge in [0.05, 0.1) is 7.11 Å². The molecule has 1 aliphatic heterocycles. The maximum absolute atomic E-state index is 8.96. The molecule has 1 atom stereocenters. The molecule has 0 radical (unpaired) electrons. The van der Waals surface area contributed by atoms with Crippen LogP contribution in [0.25, 0.3) is 0 Å². The predicted molar refractivity (Wildman–Crippen MR) is 78.0 cm³/mol. The fraction of sp³-hybridized carbons (Fsp3) is 0.375. The molecule has 0 saturated heterocycles. The highest BCUT2D eigenvalue weighted by atomic mass is 16.5. The van der Waals surface area contributed by atoms with Crippen molar-refractivity contribution in [1.29, 1.82) is 10.5 Å². The minimum atomic E-state index is 0.0400. The summed E-state index contributed by atoms with van der Waals surface area (Å²) in [5.74, 6) is 0.521. The van der Waals surface area contributed by atoms with Gasteiger partial charge in [-0.1, -0.05) is 24.3 Å². The first kappa shape index (κ1) is 15.6. The molecule has 1 aliphatic rings. The molecule has 0 aromatic heterocycles. The third-order valence-corrected chi connectivity index (χ3v) is 3.18. The van der Waals surface area contributed by atoms with Gasteiger partial charge in [-0.15, -0.1) is 0 Å². The first-order chi connectivity index (χ1) is 9.67. The highest BCUT2D eigenvalue weighted by molar-refractivity contribution is 5.39. The van der Waals surface area contributed by atoms with Crippen molar-refractivity contribution in [3.8, 4) is 12.1 Å². The summed E-state index contributed by atoms with van der Waals surface area (Å²) in [5, 5.41) is 17.9. The molecule has 0 saturated carbocycles. The molecule has 4 nitrogen and oxygen atoms in total. The minimum absolute atomic E-state index is 0.0400. The van der Waals surface area contributed by atoms with Crippen LogP contribution in [0.2, 0.25) is 0 Å². The van der Waals surface area contributed by atoms with Crippen LogP contribution in [-0.4, -0.2) is 25.6 Å². The maximum Gasteiger partial charge on any atom is 0.167 e. The molecule has 0 bridgehead atoms. The second-order valence-electron chi connectivity index (χ2n) is 4.49. The molecule has 0 spiro atoms. The summed E-state index contributed by atoms with van der Waals surface area (Å²) < 4.78 is 5.27. The monoisotopic (exact) mass is 269 g/mol. The molecule has 1 rings (SSSR count). The first-order valence-corrected chi connectivity index (χ1v) is 6.46. The fourth-order valence-corrected chi connectivity index (χ4v) is 2.19. The third kappa shape index (κ3) is 3.76. The van der Waals surface area contributed by atoms with E-state index < -0.39 is 0 Å². The van der Waals surface area contributed by atoms with Crippen LogP contribution in [0.4, 0.5) is 0 Å². The van der Waals surface area contributed by atoms with E-state index in [4.69, 9.17) is 15.3 Å². The zero-order chi connectivity index (χ0) is 15.0. The van der Waals surface area contributed by atoms with Gasteiger partial charge in [-0.2, -0.15) is 10.5 Å². The van der Waals surface area contributed by atoms with Crippen LogP contribution in [0, 0.1) is 28.6 Å². The Morgan fingerprint density at radius 3 is 2.60 bits per heavy atom.